The summed E-state index contributed by atoms with van der Waals surface area (Å²) in [6, 6.07) is 12.0. The largest absolute Gasteiger partial charge is 0.493 e. The van der Waals surface area contributed by atoms with E-state index in [-0.39, 0.29) is 16.3 Å². The molecule has 178 valence electrons. The van der Waals surface area contributed by atoms with Gasteiger partial charge in [0.15, 0.2) is 17.2 Å². The first kappa shape index (κ1) is 23.7. The van der Waals surface area contributed by atoms with Crippen LogP contribution in [0.25, 0.3) is 10.4 Å². The summed E-state index contributed by atoms with van der Waals surface area (Å²) in [4.78, 5) is 30.5. The number of ether oxygens (including phenoxy) is 3. The molecule has 0 radical (unpaired) electrons. The minimum atomic E-state index is -2.31. The summed E-state index contributed by atoms with van der Waals surface area (Å²) < 4.78 is 16.0. The molecule has 2 aromatic carbocycles. The van der Waals surface area contributed by atoms with Gasteiger partial charge in [0.25, 0.3) is 5.91 Å². The van der Waals surface area contributed by atoms with Crippen molar-refractivity contribution in [3.8, 4) is 21.9 Å². The summed E-state index contributed by atoms with van der Waals surface area (Å²) >= 11 is 1.02. The smallest absolute Gasteiger partial charge is 0.358 e. The molecule has 0 spiro atoms. The maximum Gasteiger partial charge on any atom is 0.358 e. The summed E-state index contributed by atoms with van der Waals surface area (Å²) in [5, 5.41) is 11.5. The third kappa shape index (κ3) is 4.49. The van der Waals surface area contributed by atoms with E-state index in [1.165, 1.54) is 26.4 Å². The van der Waals surface area contributed by atoms with Gasteiger partial charge in [-0.25, -0.2) is 9.78 Å². The molecule has 3 aromatic rings. The molecular formula is C25H26N2O6S. The van der Waals surface area contributed by atoms with E-state index in [0.717, 1.165) is 35.3 Å². The molecule has 1 aliphatic rings. The second-order valence-corrected chi connectivity index (χ2v) is 9.25. The molecule has 1 fully saturated rings. The number of amides is 1. The van der Waals surface area contributed by atoms with Crippen molar-refractivity contribution < 1.29 is 28.9 Å². The van der Waals surface area contributed by atoms with E-state index < -0.39 is 17.5 Å². The van der Waals surface area contributed by atoms with Crippen LogP contribution in [0.15, 0.2) is 42.5 Å². The Labute approximate surface area is 201 Å². The molecule has 1 amide bonds. The molecule has 1 unspecified atom stereocenters. The van der Waals surface area contributed by atoms with Gasteiger partial charge in [-0.05, 0) is 43.4 Å². The number of hydrogen-bond donors (Lipinski definition) is 2. The second-order valence-electron chi connectivity index (χ2n) is 8.25. The van der Waals surface area contributed by atoms with Crippen LogP contribution < -0.4 is 15.2 Å². The molecule has 8 nitrogen and oxygen atoms in total. The van der Waals surface area contributed by atoms with Crippen LogP contribution in [0, 0.1) is 12.8 Å². The van der Waals surface area contributed by atoms with Crippen LogP contribution in [0.4, 0.5) is 0 Å². The van der Waals surface area contributed by atoms with Crippen molar-refractivity contribution in [2.75, 3.05) is 20.8 Å². The maximum absolute atomic E-state index is 13.0. The zero-order valence-electron chi connectivity index (χ0n) is 19.2. The number of benzene rings is 2. The molecule has 34 heavy (non-hydrogen) atoms. The Hall–Kier alpha value is -3.43. The van der Waals surface area contributed by atoms with E-state index in [4.69, 9.17) is 19.9 Å². The zero-order chi connectivity index (χ0) is 24.5. The highest BCUT2D eigenvalue weighted by Gasteiger charge is 2.43. The van der Waals surface area contributed by atoms with Gasteiger partial charge < -0.3 is 25.1 Å². The molecule has 1 heterocycles. The Morgan fingerprint density at radius 1 is 1.15 bits per heavy atom. The van der Waals surface area contributed by atoms with Crippen LogP contribution in [0.2, 0.25) is 0 Å². The number of rotatable bonds is 9. The SMILES string of the molecule is COc1ccc(C(O)(C(N)=O)c2nc(C(=O)OCC3CC3)c(-c3cccc(C)c3)s2)cc1OC. The molecule has 0 saturated heterocycles. The van der Waals surface area contributed by atoms with E-state index in [2.05, 4.69) is 4.98 Å². The van der Waals surface area contributed by atoms with Gasteiger partial charge in [-0.3, -0.25) is 4.79 Å². The first-order valence-corrected chi connectivity index (χ1v) is 11.6. The van der Waals surface area contributed by atoms with Crippen LogP contribution in [0.5, 0.6) is 11.5 Å². The molecule has 4 rings (SSSR count). The Morgan fingerprint density at radius 3 is 2.50 bits per heavy atom. The van der Waals surface area contributed by atoms with E-state index in [9.17, 15) is 14.7 Å². The summed E-state index contributed by atoms with van der Waals surface area (Å²) in [5.74, 6) is -0.549. The number of aliphatic hydroxyl groups is 1. The lowest BCUT2D eigenvalue weighted by Crippen LogP contribution is -2.42. The number of nitrogens with zero attached hydrogens (tertiary/aromatic N) is 1. The third-order valence-corrected chi connectivity index (χ3v) is 6.93. The van der Waals surface area contributed by atoms with Crippen molar-refractivity contribution in [1.29, 1.82) is 0 Å². The minimum absolute atomic E-state index is 0.0337. The van der Waals surface area contributed by atoms with Crippen molar-refractivity contribution in [2.45, 2.75) is 25.4 Å². The predicted molar refractivity (Wildman–Crippen MR) is 127 cm³/mol. The van der Waals surface area contributed by atoms with Gasteiger partial charge in [-0.1, -0.05) is 35.9 Å². The highest BCUT2D eigenvalue weighted by molar-refractivity contribution is 7.15. The lowest BCUT2D eigenvalue weighted by Gasteiger charge is -2.23. The van der Waals surface area contributed by atoms with Crippen molar-refractivity contribution in [3.63, 3.8) is 0 Å². The average Bonchev–Trinajstić information content (AvgIpc) is 3.56. The summed E-state index contributed by atoms with van der Waals surface area (Å²) in [6.07, 6.45) is 2.06. The monoisotopic (exact) mass is 482 g/mol. The van der Waals surface area contributed by atoms with Crippen molar-refractivity contribution in [3.05, 3.63) is 64.3 Å². The van der Waals surface area contributed by atoms with Crippen LogP contribution >= 0.6 is 11.3 Å². The highest BCUT2D eigenvalue weighted by Crippen LogP contribution is 2.41. The summed E-state index contributed by atoms with van der Waals surface area (Å²) in [7, 11) is 2.92. The molecule has 0 aliphatic heterocycles. The lowest BCUT2D eigenvalue weighted by atomic mass is 9.93. The quantitative estimate of drug-likeness (QED) is 0.448. The van der Waals surface area contributed by atoms with Crippen LogP contribution in [0.1, 0.15) is 39.5 Å². The Balaban J connectivity index is 1.84. The summed E-state index contributed by atoms with van der Waals surface area (Å²) in [5.41, 5.74) is 5.26. The molecular weight excluding hydrogens is 456 g/mol. The fourth-order valence-corrected chi connectivity index (χ4v) is 4.74. The highest BCUT2D eigenvalue weighted by atomic mass is 32.1. The van der Waals surface area contributed by atoms with Crippen molar-refractivity contribution in [2.24, 2.45) is 11.7 Å². The number of carbonyl (C=O) groups is 2. The van der Waals surface area contributed by atoms with Crippen molar-refractivity contribution >= 4 is 23.2 Å². The van der Waals surface area contributed by atoms with Crippen LogP contribution in [-0.2, 0) is 15.1 Å². The minimum Gasteiger partial charge on any atom is -0.493 e. The number of primary amides is 1. The van der Waals surface area contributed by atoms with E-state index in [0.29, 0.717) is 28.9 Å². The van der Waals surface area contributed by atoms with Gasteiger partial charge in [-0.15, -0.1) is 11.3 Å². The molecule has 1 saturated carbocycles. The van der Waals surface area contributed by atoms with E-state index in [1.807, 2.05) is 31.2 Å². The van der Waals surface area contributed by atoms with Gasteiger partial charge in [0, 0.05) is 5.56 Å². The number of methoxy groups -OCH3 is 2. The standard InChI is InChI=1S/C25H26N2O6S/c1-14-5-4-6-16(11-14)21-20(22(28)33-13-15-7-8-15)27-24(34-21)25(30,23(26)29)17-9-10-18(31-2)19(12-17)32-3/h4-6,9-12,15,30H,7-8,13H2,1-3H3,(H2,26,29). The summed E-state index contributed by atoms with van der Waals surface area (Å²) in [6.45, 7) is 2.24. The van der Waals surface area contributed by atoms with E-state index in [1.54, 1.807) is 6.07 Å². The predicted octanol–water partition coefficient (Wildman–Crippen LogP) is 3.42. The van der Waals surface area contributed by atoms with Gasteiger partial charge >= 0.3 is 5.97 Å². The number of esters is 1. The number of nitrogens with two attached hydrogens (primary N) is 1. The number of aryl methyl sites for hydroxylation is 1. The lowest BCUT2D eigenvalue weighted by molar-refractivity contribution is -0.133. The molecule has 9 heteroatoms. The van der Waals surface area contributed by atoms with Gasteiger partial charge in [-0.2, -0.15) is 0 Å². The zero-order valence-corrected chi connectivity index (χ0v) is 20.0. The molecule has 0 bridgehead atoms. The number of carbonyl (C=O) groups excluding carboxylic acids is 2. The molecule has 1 atom stereocenters. The second kappa shape index (κ2) is 9.44. The van der Waals surface area contributed by atoms with Crippen LogP contribution in [-0.4, -0.2) is 42.8 Å². The number of hydrogen-bond acceptors (Lipinski definition) is 8. The topological polar surface area (TPSA) is 121 Å². The average molecular weight is 483 g/mol. The normalized spacial score (nSPS) is 14.8. The van der Waals surface area contributed by atoms with Gasteiger partial charge in [0.2, 0.25) is 5.60 Å². The number of aromatic nitrogens is 1. The Kier molecular flexibility index (Phi) is 6.58. The Morgan fingerprint density at radius 2 is 1.88 bits per heavy atom. The Bertz CT molecular complexity index is 1240. The van der Waals surface area contributed by atoms with Crippen molar-refractivity contribution in [1.82, 2.24) is 4.98 Å². The fourth-order valence-electron chi connectivity index (χ4n) is 3.57. The van der Waals surface area contributed by atoms with Gasteiger partial charge in [0.05, 0.1) is 25.7 Å². The fraction of sp³-hybridized carbons (Fsp3) is 0.320. The maximum atomic E-state index is 13.0. The van der Waals surface area contributed by atoms with E-state index >= 15 is 0 Å². The van der Waals surface area contributed by atoms with Crippen LogP contribution in [0.3, 0.4) is 0 Å². The first-order valence-electron chi connectivity index (χ1n) is 10.8. The molecule has 1 aromatic heterocycles. The number of thiazole rings is 1. The third-order valence-electron chi connectivity index (χ3n) is 5.72. The molecule has 1 aliphatic carbocycles. The molecule has 3 N–H and O–H groups in total. The first-order chi connectivity index (χ1) is 16.3. The van der Waals surface area contributed by atoms with Gasteiger partial charge in [0.1, 0.15) is 5.01 Å².